The van der Waals surface area contributed by atoms with E-state index in [4.69, 9.17) is 11.3 Å². The zero-order valence-corrected chi connectivity index (χ0v) is 9.72. The van der Waals surface area contributed by atoms with Crippen LogP contribution >= 0.6 is 0 Å². The number of aromatic nitrogens is 2. The number of hydrogen-bond donors (Lipinski definition) is 2. The van der Waals surface area contributed by atoms with Crippen molar-refractivity contribution in [3.63, 3.8) is 0 Å². The van der Waals surface area contributed by atoms with Crippen LogP contribution in [0.25, 0.3) is 10.4 Å². The van der Waals surface area contributed by atoms with Crippen molar-refractivity contribution in [2.75, 3.05) is 12.3 Å². The van der Waals surface area contributed by atoms with Crippen LogP contribution in [0.5, 0.6) is 0 Å². The minimum atomic E-state index is -0.713. The highest BCUT2D eigenvalue weighted by atomic mass is 19.1. The molecular formula is C9H15FN6O. The number of hydrogen-bond acceptors (Lipinski definition) is 4. The SMILES string of the molecule is CC(C)CCN=[N+]=[N-].Nc1[nH]c(=O)ncc1F. The van der Waals surface area contributed by atoms with Crippen molar-refractivity contribution in [1.82, 2.24) is 9.97 Å². The maximum absolute atomic E-state index is 12.1. The number of nitrogens with one attached hydrogen (secondary N) is 1. The third-order valence-electron chi connectivity index (χ3n) is 1.66. The molecule has 3 N–H and O–H groups in total. The second-order valence-electron chi connectivity index (χ2n) is 3.59. The monoisotopic (exact) mass is 242 g/mol. The number of anilines is 1. The van der Waals surface area contributed by atoms with Crippen molar-refractivity contribution < 1.29 is 4.39 Å². The van der Waals surface area contributed by atoms with Crippen LogP contribution < -0.4 is 11.4 Å². The van der Waals surface area contributed by atoms with Gasteiger partial charge < -0.3 is 5.73 Å². The number of aromatic amines is 1. The van der Waals surface area contributed by atoms with Gasteiger partial charge in [-0.2, -0.15) is 4.98 Å². The van der Waals surface area contributed by atoms with Gasteiger partial charge in [0, 0.05) is 11.5 Å². The predicted octanol–water partition coefficient (Wildman–Crippen LogP) is 1.83. The maximum atomic E-state index is 12.1. The largest absolute Gasteiger partial charge is 0.383 e. The molecule has 0 aliphatic rings. The van der Waals surface area contributed by atoms with Crippen LogP contribution in [-0.2, 0) is 0 Å². The Morgan fingerprint density at radius 1 is 1.71 bits per heavy atom. The summed E-state index contributed by atoms with van der Waals surface area (Å²) < 4.78 is 12.1. The molecule has 0 aliphatic heterocycles. The van der Waals surface area contributed by atoms with Gasteiger partial charge in [0.1, 0.15) is 5.82 Å². The summed E-state index contributed by atoms with van der Waals surface area (Å²) in [5.41, 5.74) is 12.1. The van der Waals surface area contributed by atoms with E-state index in [9.17, 15) is 9.18 Å². The molecular weight excluding hydrogens is 227 g/mol. The Kier molecular flexibility index (Phi) is 7.12. The topological polar surface area (TPSA) is 121 Å². The van der Waals surface area contributed by atoms with Gasteiger partial charge in [-0.1, -0.05) is 19.0 Å². The van der Waals surface area contributed by atoms with Crippen molar-refractivity contribution >= 4 is 5.82 Å². The van der Waals surface area contributed by atoms with Gasteiger partial charge in [0.05, 0.1) is 6.20 Å². The highest BCUT2D eigenvalue weighted by Gasteiger charge is 1.95. The molecule has 1 aromatic rings. The summed E-state index contributed by atoms with van der Waals surface area (Å²) in [6, 6.07) is 0. The van der Waals surface area contributed by atoms with Gasteiger partial charge in [-0.05, 0) is 17.9 Å². The Hall–Kier alpha value is -2.08. The lowest BCUT2D eigenvalue weighted by atomic mass is 10.1. The van der Waals surface area contributed by atoms with E-state index in [1.165, 1.54) is 0 Å². The number of H-pyrrole nitrogens is 1. The summed E-state index contributed by atoms with van der Waals surface area (Å²) in [7, 11) is 0. The molecule has 0 atom stereocenters. The molecule has 0 aliphatic carbocycles. The average molecular weight is 242 g/mol. The van der Waals surface area contributed by atoms with E-state index in [2.05, 4.69) is 28.9 Å². The predicted molar refractivity (Wildman–Crippen MR) is 62.7 cm³/mol. The molecule has 17 heavy (non-hydrogen) atoms. The molecule has 94 valence electrons. The van der Waals surface area contributed by atoms with Crippen molar-refractivity contribution in [2.45, 2.75) is 20.3 Å². The normalized spacial score (nSPS) is 9.18. The standard InChI is InChI=1S/C5H11N3.C4H4FN3O/c1-5(2)3-4-7-8-6;5-2-1-7-4(9)8-3(2)6/h5H,3-4H2,1-2H3;1H,(H3,6,7,8,9). The van der Waals surface area contributed by atoms with Gasteiger partial charge in [-0.15, -0.1) is 0 Å². The van der Waals surface area contributed by atoms with E-state index < -0.39 is 11.5 Å². The number of nitrogens with zero attached hydrogens (tertiary/aromatic N) is 4. The van der Waals surface area contributed by atoms with Crippen LogP contribution in [0.4, 0.5) is 10.2 Å². The first-order valence-corrected chi connectivity index (χ1v) is 4.98. The summed E-state index contributed by atoms with van der Waals surface area (Å²) in [6.07, 6.45) is 1.76. The maximum Gasteiger partial charge on any atom is 0.346 e. The Morgan fingerprint density at radius 2 is 2.35 bits per heavy atom. The summed E-state index contributed by atoms with van der Waals surface area (Å²) in [5, 5.41) is 3.39. The molecule has 0 aromatic carbocycles. The molecule has 0 fully saturated rings. The molecule has 0 radical (unpaired) electrons. The van der Waals surface area contributed by atoms with Crippen molar-refractivity contribution in [3.8, 4) is 0 Å². The zero-order chi connectivity index (χ0) is 13.3. The average Bonchev–Trinajstić information content (AvgIpc) is 2.25. The van der Waals surface area contributed by atoms with Crippen molar-refractivity contribution in [3.05, 3.63) is 32.9 Å². The van der Waals surface area contributed by atoms with Gasteiger partial charge in [-0.25, -0.2) is 9.18 Å². The van der Waals surface area contributed by atoms with E-state index in [1.54, 1.807) is 0 Å². The molecule has 0 saturated heterocycles. The molecule has 0 spiro atoms. The van der Waals surface area contributed by atoms with E-state index in [0.29, 0.717) is 12.5 Å². The molecule has 0 bridgehead atoms. The van der Waals surface area contributed by atoms with Gasteiger partial charge in [0.25, 0.3) is 0 Å². The number of halogens is 1. The molecule has 0 amide bonds. The van der Waals surface area contributed by atoms with Gasteiger partial charge in [0.2, 0.25) is 0 Å². The number of azide groups is 1. The third kappa shape index (κ3) is 7.80. The molecule has 1 heterocycles. The summed E-state index contributed by atoms with van der Waals surface area (Å²) in [6.45, 7) is 4.84. The summed E-state index contributed by atoms with van der Waals surface area (Å²) in [4.78, 5) is 17.9. The highest BCUT2D eigenvalue weighted by Crippen LogP contribution is 1.98. The first kappa shape index (κ1) is 14.9. The quantitative estimate of drug-likeness (QED) is 0.477. The van der Waals surface area contributed by atoms with Crippen molar-refractivity contribution in [2.24, 2.45) is 11.0 Å². The summed E-state index contributed by atoms with van der Waals surface area (Å²) in [5.74, 6) is -0.356. The Morgan fingerprint density at radius 3 is 2.76 bits per heavy atom. The van der Waals surface area contributed by atoms with E-state index >= 15 is 0 Å². The molecule has 7 nitrogen and oxygen atoms in total. The van der Waals surface area contributed by atoms with Crippen molar-refractivity contribution in [1.29, 1.82) is 0 Å². The fourth-order valence-electron chi connectivity index (χ4n) is 0.753. The highest BCUT2D eigenvalue weighted by molar-refractivity contribution is 5.25. The Labute approximate surface area is 97.5 Å². The summed E-state index contributed by atoms with van der Waals surface area (Å²) >= 11 is 0. The number of nitrogen functional groups attached to an aromatic ring is 1. The van der Waals surface area contributed by atoms with Crippen LogP contribution in [0.1, 0.15) is 20.3 Å². The van der Waals surface area contributed by atoms with Crippen LogP contribution in [-0.4, -0.2) is 16.5 Å². The second-order valence-corrected chi connectivity index (χ2v) is 3.59. The fraction of sp³-hybridized carbons (Fsp3) is 0.556. The first-order valence-electron chi connectivity index (χ1n) is 4.98. The van der Waals surface area contributed by atoms with Gasteiger partial charge in [-0.3, -0.25) is 4.98 Å². The lowest BCUT2D eigenvalue weighted by Gasteiger charge is -1.96. The van der Waals surface area contributed by atoms with Gasteiger partial charge >= 0.3 is 5.69 Å². The van der Waals surface area contributed by atoms with Crippen LogP contribution in [0.15, 0.2) is 16.1 Å². The molecule has 1 rings (SSSR count). The molecule has 1 aromatic heterocycles. The minimum Gasteiger partial charge on any atom is -0.383 e. The Bertz CT molecular complexity index is 437. The minimum absolute atomic E-state index is 0.282. The number of rotatable bonds is 3. The third-order valence-corrected chi connectivity index (χ3v) is 1.66. The van der Waals surface area contributed by atoms with E-state index in [0.717, 1.165) is 12.6 Å². The smallest absolute Gasteiger partial charge is 0.346 e. The van der Waals surface area contributed by atoms with E-state index in [1.807, 2.05) is 4.98 Å². The van der Waals surface area contributed by atoms with Crippen LogP contribution in [0, 0.1) is 11.7 Å². The Balaban J connectivity index is 0.000000304. The zero-order valence-electron chi connectivity index (χ0n) is 9.72. The fourth-order valence-corrected chi connectivity index (χ4v) is 0.753. The first-order chi connectivity index (χ1) is 7.97. The molecule has 0 saturated carbocycles. The lowest BCUT2D eigenvalue weighted by Crippen LogP contribution is -2.12. The molecule has 0 unspecified atom stereocenters. The van der Waals surface area contributed by atoms with Crippen LogP contribution in [0.3, 0.4) is 0 Å². The molecule has 8 heteroatoms. The van der Waals surface area contributed by atoms with E-state index in [-0.39, 0.29) is 5.82 Å². The van der Waals surface area contributed by atoms with Crippen LogP contribution in [0.2, 0.25) is 0 Å². The number of nitrogens with two attached hydrogens (primary N) is 1. The lowest BCUT2D eigenvalue weighted by molar-refractivity contribution is 0.595. The second kappa shape index (κ2) is 8.12. The van der Waals surface area contributed by atoms with Gasteiger partial charge in [0.15, 0.2) is 5.82 Å².